The Hall–Kier alpha value is -2.19. The summed E-state index contributed by atoms with van der Waals surface area (Å²) in [6.45, 7) is 5.15. The Kier molecular flexibility index (Phi) is 5.43. The van der Waals surface area contributed by atoms with Gasteiger partial charge in [-0.3, -0.25) is 4.79 Å². The van der Waals surface area contributed by atoms with Crippen molar-refractivity contribution >= 4 is 21.6 Å². The molecule has 7 nitrogen and oxygen atoms in total. The van der Waals surface area contributed by atoms with Gasteiger partial charge in [0.25, 0.3) is 10.0 Å². The first kappa shape index (κ1) is 18.6. The number of piperidine rings is 1. The van der Waals surface area contributed by atoms with Crippen LogP contribution in [0.3, 0.4) is 0 Å². The molecule has 2 heterocycles. The molecule has 0 unspecified atom stereocenters. The number of hydrogen-bond donors (Lipinski definition) is 1. The van der Waals surface area contributed by atoms with E-state index < -0.39 is 10.0 Å². The number of sulfonamides is 1. The Bertz CT molecular complexity index is 874. The van der Waals surface area contributed by atoms with E-state index in [0.717, 1.165) is 11.3 Å². The third-order valence-corrected chi connectivity index (χ3v) is 6.40. The molecule has 1 aromatic heterocycles. The van der Waals surface area contributed by atoms with Gasteiger partial charge >= 0.3 is 0 Å². The van der Waals surface area contributed by atoms with E-state index in [9.17, 15) is 13.2 Å². The predicted octanol–water partition coefficient (Wildman–Crippen LogP) is 2.25. The number of nitrogens with one attached hydrogen (secondary N) is 1. The summed E-state index contributed by atoms with van der Waals surface area (Å²) in [4.78, 5) is 16.6. The van der Waals surface area contributed by atoms with Crippen LogP contribution in [0.25, 0.3) is 0 Å². The SMILES string of the molecule is CCn1cnc(S(=O)(=O)N2CCC[C@H](C(=O)Nc3ccc(C)cc3)C2)c1. The van der Waals surface area contributed by atoms with Crippen molar-refractivity contribution in [2.45, 2.75) is 38.3 Å². The molecule has 26 heavy (non-hydrogen) atoms. The molecule has 1 atom stereocenters. The van der Waals surface area contributed by atoms with Crippen molar-refractivity contribution in [1.29, 1.82) is 0 Å². The molecule has 0 radical (unpaired) electrons. The van der Waals surface area contributed by atoms with E-state index in [4.69, 9.17) is 0 Å². The maximum Gasteiger partial charge on any atom is 0.262 e. The molecular formula is C18H24N4O3S. The highest BCUT2D eigenvalue weighted by Crippen LogP contribution is 2.24. The summed E-state index contributed by atoms with van der Waals surface area (Å²) >= 11 is 0. The molecule has 1 aliphatic heterocycles. The maximum absolute atomic E-state index is 12.8. The first-order valence-corrected chi connectivity index (χ1v) is 10.2. The number of hydrogen-bond acceptors (Lipinski definition) is 4. The molecule has 0 spiro atoms. The fourth-order valence-corrected chi connectivity index (χ4v) is 4.49. The summed E-state index contributed by atoms with van der Waals surface area (Å²) in [5.74, 6) is -0.513. The summed E-state index contributed by atoms with van der Waals surface area (Å²) in [6.07, 6.45) is 4.37. The van der Waals surface area contributed by atoms with Gasteiger partial charge in [0.05, 0.1) is 12.2 Å². The van der Waals surface area contributed by atoms with Crippen molar-refractivity contribution in [2.75, 3.05) is 18.4 Å². The van der Waals surface area contributed by atoms with Crippen LogP contribution in [0, 0.1) is 12.8 Å². The highest BCUT2D eigenvalue weighted by molar-refractivity contribution is 7.89. The molecule has 1 amide bonds. The lowest BCUT2D eigenvalue weighted by Crippen LogP contribution is -2.43. The average Bonchev–Trinajstić information content (AvgIpc) is 3.14. The summed E-state index contributed by atoms with van der Waals surface area (Å²) in [5, 5.41) is 2.92. The number of benzene rings is 1. The first-order valence-electron chi connectivity index (χ1n) is 8.79. The Morgan fingerprint density at radius 1 is 1.31 bits per heavy atom. The lowest BCUT2D eigenvalue weighted by atomic mass is 9.98. The van der Waals surface area contributed by atoms with Crippen LogP contribution in [0.4, 0.5) is 5.69 Å². The minimum atomic E-state index is -3.67. The fraction of sp³-hybridized carbons (Fsp3) is 0.444. The van der Waals surface area contributed by atoms with Gasteiger partial charge in [-0.1, -0.05) is 17.7 Å². The van der Waals surface area contributed by atoms with Crippen LogP contribution in [0.5, 0.6) is 0 Å². The average molecular weight is 376 g/mol. The second-order valence-corrected chi connectivity index (χ2v) is 8.48. The summed E-state index contributed by atoms with van der Waals surface area (Å²) in [6, 6.07) is 7.55. The molecule has 8 heteroatoms. The molecule has 1 fully saturated rings. The first-order chi connectivity index (χ1) is 12.4. The lowest BCUT2D eigenvalue weighted by molar-refractivity contribution is -0.120. The van der Waals surface area contributed by atoms with Gasteiger partial charge in [-0.2, -0.15) is 4.31 Å². The largest absolute Gasteiger partial charge is 0.336 e. The van der Waals surface area contributed by atoms with Crippen molar-refractivity contribution < 1.29 is 13.2 Å². The Labute approximate surface area is 154 Å². The molecule has 0 bridgehead atoms. The third kappa shape index (κ3) is 3.96. The number of rotatable bonds is 5. The van der Waals surface area contributed by atoms with Gasteiger partial charge in [0, 0.05) is 31.5 Å². The van der Waals surface area contributed by atoms with E-state index in [-0.39, 0.29) is 23.4 Å². The highest BCUT2D eigenvalue weighted by atomic mass is 32.2. The van der Waals surface area contributed by atoms with E-state index in [2.05, 4.69) is 10.3 Å². The number of imidazole rings is 1. The zero-order valence-electron chi connectivity index (χ0n) is 15.1. The minimum Gasteiger partial charge on any atom is -0.336 e. The molecule has 0 aliphatic carbocycles. The summed E-state index contributed by atoms with van der Waals surface area (Å²) in [7, 11) is -3.67. The van der Waals surface area contributed by atoms with Crippen LogP contribution in [0.2, 0.25) is 0 Å². The number of anilines is 1. The molecule has 3 rings (SSSR count). The number of aromatic nitrogens is 2. The van der Waals surface area contributed by atoms with Crippen LogP contribution in [-0.4, -0.2) is 41.3 Å². The number of aryl methyl sites for hydroxylation is 2. The van der Waals surface area contributed by atoms with Crippen LogP contribution >= 0.6 is 0 Å². The predicted molar refractivity (Wildman–Crippen MR) is 99.2 cm³/mol. The molecular weight excluding hydrogens is 352 g/mol. The van der Waals surface area contributed by atoms with Crippen molar-refractivity contribution in [3.05, 3.63) is 42.4 Å². The van der Waals surface area contributed by atoms with Crippen molar-refractivity contribution in [1.82, 2.24) is 13.9 Å². The lowest BCUT2D eigenvalue weighted by Gasteiger charge is -2.30. The smallest absolute Gasteiger partial charge is 0.262 e. The van der Waals surface area contributed by atoms with Gasteiger partial charge in [0.2, 0.25) is 5.91 Å². The third-order valence-electron chi connectivity index (χ3n) is 4.65. The molecule has 1 saturated heterocycles. The van der Waals surface area contributed by atoms with E-state index in [1.54, 1.807) is 4.57 Å². The number of nitrogens with zero attached hydrogens (tertiary/aromatic N) is 3. The van der Waals surface area contributed by atoms with Crippen LogP contribution in [0.1, 0.15) is 25.3 Å². The van der Waals surface area contributed by atoms with E-state index >= 15 is 0 Å². The summed E-state index contributed by atoms with van der Waals surface area (Å²) < 4.78 is 28.7. The Morgan fingerprint density at radius 2 is 2.04 bits per heavy atom. The zero-order valence-corrected chi connectivity index (χ0v) is 15.9. The van der Waals surface area contributed by atoms with Crippen molar-refractivity contribution in [2.24, 2.45) is 5.92 Å². The van der Waals surface area contributed by atoms with Crippen LogP contribution in [0.15, 0.2) is 41.8 Å². The van der Waals surface area contributed by atoms with E-state index in [0.29, 0.717) is 25.9 Å². The maximum atomic E-state index is 12.8. The summed E-state index contributed by atoms with van der Waals surface area (Å²) in [5.41, 5.74) is 1.84. The fourth-order valence-electron chi connectivity index (χ4n) is 3.03. The number of carbonyl (C=O) groups is 1. The normalized spacial score (nSPS) is 18.6. The zero-order chi connectivity index (χ0) is 18.7. The monoisotopic (exact) mass is 376 g/mol. The van der Waals surface area contributed by atoms with E-state index in [1.807, 2.05) is 38.1 Å². The Balaban J connectivity index is 1.70. The Morgan fingerprint density at radius 3 is 2.69 bits per heavy atom. The molecule has 140 valence electrons. The van der Waals surface area contributed by atoms with Crippen LogP contribution < -0.4 is 5.32 Å². The topological polar surface area (TPSA) is 84.3 Å². The molecule has 1 aromatic carbocycles. The minimum absolute atomic E-state index is 0.0407. The number of carbonyl (C=O) groups excluding carboxylic acids is 1. The molecule has 1 N–H and O–H groups in total. The van der Waals surface area contributed by atoms with Gasteiger partial charge in [-0.15, -0.1) is 0 Å². The quantitative estimate of drug-likeness (QED) is 0.867. The van der Waals surface area contributed by atoms with Gasteiger partial charge < -0.3 is 9.88 Å². The van der Waals surface area contributed by atoms with Crippen molar-refractivity contribution in [3.63, 3.8) is 0 Å². The van der Waals surface area contributed by atoms with E-state index in [1.165, 1.54) is 16.8 Å². The number of amides is 1. The molecule has 2 aromatic rings. The van der Waals surface area contributed by atoms with Gasteiger partial charge in [-0.25, -0.2) is 13.4 Å². The van der Waals surface area contributed by atoms with Crippen molar-refractivity contribution in [3.8, 4) is 0 Å². The van der Waals surface area contributed by atoms with Gasteiger partial charge in [-0.05, 0) is 38.8 Å². The second kappa shape index (κ2) is 7.59. The highest BCUT2D eigenvalue weighted by Gasteiger charge is 2.34. The molecule has 1 aliphatic rings. The van der Waals surface area contributed by atoms with Crippen LogP contribution in [-0.2, 0) is 21.4 Å². The molecule has 0 saturated carbocycles. The standard InChI is InChI=1S/C18H24N4O3S/c1-3-21-12-17(19-13-21)26(24,25)22-10-4-5-15(11-22)18(23)20-16-8-6-14(2)7-9-16/h6-9,12-13,15H,3-5,10-11H2,1-2H3,(H,20,23)/t15-/m0/s1. The van der Waals surface area contributed by atoms with Gasteiger partial charge in [0.1, 0.15) is 0 Å². The second-order valence-electron chi connectivity index (χ2n) is 6.60. The van der Waals surface area contributed by atoms with Gasteiger partial charge in [0.15, 0.2) is 5.03 Å².